The van der Waals surface area contributed by atoms with Gasteiger partial charge < -0.3 is 15.5 Å². The number of benzene rings is 1. The van der Waals surface area contributed by atoms with Crippen molar-refractivity contribution in [3.05, 3.63) is 36.0 Å². The third-order valence-electron chi connectivity index (χ3n) is 2.89. The summed E-state index contributed by atoms with van der Waals surface area (Å²) in [6, 6.07) is 7.48. The number of nitrogens with one attached hydrogen (secondary N) is 1. The smallest absolute Gasteiger partial charge is 0.326 e. The third kappa shape index (κ3) is 3.06. The van der Waals surface area contributed by atoms with Crippen LogP contribution < -0.4 is 5.32 Å². The Morgan fingerprint density at radius 3 is 2.67 bits per heavy atom. The van der Waals surface area contributed by atoms with Gasteiger partial charge in [0.15, 0.2) is 0 Å². The lowest BCUT2D eigenvalue weighted by Gasteiger charge is -2.16. The van der Waals surface area contributed by atoms with Crippen LogP contribution in [0.5, 0.6) is 0 Å². The minimum Gasteiger partial charge on any atom is -0.481 e. The van der Waals surface area contributed by atoms with Crippen LogP contribution in [-0.2, 0) is 9.59 Å². The first-order valence-corrected chi connectivity index (χ1v) is 6.02. The lowest BCUT2D eigenvalue weighted by atomic mass is 10.1. The molecule has 1 unspecified atom stereocenters. The highest BCUT2D eigenvalue weighted by Gasteiger charge is 2.23. The van der Waals surface area contributed by atoms with Gasteiger partial charge >= 0.3 is 11.9 Å². The first kappa shape index (κ1) is 14.3. The van der Waals surface area contributed by atoms with Gasteiger partial charge in [0, 0.05) is 11.6 Å². The molecule has 1 atom stereocenters. The number of rotatable bonds is 5. The standard InChI is InChI=1S/C14H11N3O4/c15-6-8-7-16-10-4-2-1-3-9(10)13(8)17-11(14(20)21)5-12(18)19/h1-4,7,11H,5H2,(H,16,17)(H,18,19)(H,20,21). The summed E-state index contributed by atoms with van der Waals surface area (Å²) in [4.78, 5) is 26.0. The van der Waals surface area contributed by atoms with E-state index in [1.807, 2.05) is 6.07 Å². The van der Waals surface area contributed by atoms with Crippen LogP contribution in [0.1, 0.15) is 12.0 Å². The van der Waals surface area contributed by atoms with Crippen LogP contribution >= 0.6 is 0 Å². The molecule has 1 aromatic heterocycles. The second-order valence-corrected chi connectivity index (χ2v) is 4.31. The molecular weight excluding hydrogens is 274 g/mol. The van der Waals surface area contributed by atoms with Crippen molar-refractivity contribution in [2.45, 2.75) is 12.5 Å². The number of aliphatic carboxylic acids is 2. The number of carbonyl (C=O) groups is 2. The van der Waals surface area contributed by atoms with Crippen LogP contribution in [0.25, 0.3) is 10.9 Å². The summed E-state index contributed by atoms with van der Waals surface area (Å²) in [6.07, 6.45) is 0.723. The number of pyridine rings is 1. The normalized spacial score (nSPS) is 11.6. The minimum atomic E-state index is -1.33. The Bertz CT molecular complexity index is 751. The van der Waals surface area contributed by atoms with Crippen molar-refractivity contribution >= 4 is 28.5 Å². The summed E-state index contributed by atoms with van der Waals surface area (Å²) in [5.41, 5.74) is 1.01. The van der Waals surface area contributed by atoms with E-state index in [1.54, 1.807) is 24.3 Å². The van der Waals surface area contributed by atoms with Gasteiger partial charge in [-0.2, -0.15) is 5.26 Å². The lowest BCUT2D eigenvalue weighted by molar-refractivity contribution is -0.144. The number of nitrogens with zero attached hydrogens (tertiary/aromatic N) is 2. The van der Waals surface area contributed by atoms with Gasteiger partial charge in [-0.1, -0.05) is 18.2 Å². The van der Waals surface area contributed by atoms with Crippen LogP contribution in [0.15, 0.2) is 30.5 Å². The number of nitriles is 1. The van der Waals surface area contributed by atoms with Crippen molar-refractivity contribution in [2.24, 2.45) is 0 Å². The van der Waals surface area contributed by atoms with Crippen molar-refractivity contribution in [3.63, 3.8) is 0 Å². The third-order valence-corrected chi connectivity index (χ3v) is 2.89. The zero-order valence-electron chi connectivity index (χ0n) is 10.8. The summed E-state index contributed by atoms with van der Waals surface area (Å²) >= 11 is 0. The molecule has 0 radical (unpaired) electrons. The zero-order valence-corrected chi connectivity index (χ0v) is 10.8. The number of carboxylic acids is 2. The van der Waals surface area contributed by atoms with E-state index in [-0.39, 0.29) is 11.3 Å². The van der Waals surface area contributed by atoms with Crippen molar-refractivity contribution < 1.29 is 19.8 Å². The van der Waals surface area contributed by atoms with Crippen LogP contribution in [-0.4, -0.2) is 33.2 Å². The Kier molecular flexibility index (Phi) is 4.00. The maximum Gasteiger partial charge on any atom is 0.326 e. The first-order valence-electron chi connectivity index (χ1n) is 6.02. The Balaban J connectivity index is 2.51. The highest BCUT2D eigenvalue weighted by Crippen LogP contribution is 2.26. The van der Waals surface area contributed by atoms with Crippen LogP contribution in [0, 0.1) is 11.3 Å². The van der Waals surface area contributed by atoms with Gasteiger partial charge in [-0.15, -0.1) is 0 Å². The highest BCUT2D eigenvalue weighted by molar-refractivity contribution is 5.96. The molecule has 21 heavy (non-hydrogen) atoms. The fraction of sp³-hybridized carbons (Fsp3) is 0.143. The largest absolute Gasteiger partial charge is 0.481 e. The molecule has 1 aromatic carbocycles. The molecule has 7 nitrogen and oxygen atoms in total. The molecule has 3 N–H and O–H groups in total. The number of para-hydroxylation sites is 1. The van der Waals surface area contributed by atoms with Gasteiger partial charge in [0.05, 0.1) is 23.2 Å². The van der Waals surface area contributed by atoms with Crippen LogP contribution in [0.3, 0.4) is 0 Å². The first-order chi connectivity index (χ1) is 10.0. The van der Waals surface area contributed by atoms with Gasteiger partial charge in [0.1, 0.15) is 12.1 Å². The van der Waals surface area contributed by atoms with E-state index in [4.69, 9.17) is 15.5 Å². The monoisotopic (exact) mass is 285 g/mol. The summed E-state index contributed by atoms with van der Waals surface area (Å²) in [5, 5.41) is 30.2. The Morgan fingerprint density at radius 1 is 1.33 bits per heavy atom. The Labute approximate surface area is 119 Å². The second-order valence-electron chi connectivity index (χ2n) is 4.31. The SMILES string of the molecule is N#Cc1cnc2ccccc2c1NC(CC(=O)O)C(=O)O. The van der Waals surface area contributed by atoms with Gasteiger partial charge in [0.2, 0.25) is 0 Å². The van der Waals surface area contributed by atoms with E-state index >= 15 is 0 Å². The summed E-state index contributed by atoms with van der Waals surface area (Å²) in [7, 11) is 0. The molecule has 0 aliphatic carbocycles. The van der Waals surface area contributed by atoms with E-state index in [1.165, 1.54) is 6.20 Å². The average Bonchev–Trinajstić information content (AvgIpc) is 2.46. The molecule has 0 aliphatic heterocycles. The summed E-state index contributed by atoms with van der Waals surface area (Å²) in [6.45, 7) is 0. The number of anilines is 1. The van der Waals surface area contributed by atoms with Gasteiger partial charge in [-0.25, -0.2) is 4.79 Å². The molecule has 0 bridgehead atoms. The molecule has 0 amide bonds. The number of fused-ring (bicyclic) bond motifs is 1. The Hall–Kier alpha value is -3.14. The Morgan fingerprint density at radius 2 is 2.05 bits per heavy atom. The molecule has 0 fully saturated rings. The van der Waals surface area contributed by atoms with Crippen molar-refractivity contribution in [1.29, 1.82) is 5.26 Å². The molecule has 2 aromatic rings. The molecule has 0 spiro atoms. The quantitative estimate of drug-likeness (QED) is 0.759. The van der Waals surface area contributed by atoms with Crippen LogP contribution in [0.2, 0.25) is 0 Å². The summed E-state index contributed by atoms with van der Waals surface area (Å²) < 4.78 is 0. The second kappa shape index (κ2) is 5.88. The molecule has 0 saturated heterocycles. The minimum absolute atomic E-state index is 0.158. The average molecular weight is 285 g/mol. The predicted molar refractivity (Wildman–Crippen MR) is 73.8 cm³/mol. The fourth-order valence-corrected chi connectivity index (χ4v) is 1.93. The van der Waals surface area contributed by atoms with E-state index in [2.05, 4.69) is 10.3 Å². The predicted octanol–water partition coefficient (Wildman–Crippen LogP) is 1.45. The van der Waals surface area contributed by atoms with E-state index in [0.717, 1.165) is 0 Å². The number of carboxylic acid groups (broad SMARTS) is 2. The summed E-state index contributed by atoms with van der Waals surface area (Å²) in [5.74, 6) is -2.55. The zero-order chi connectivity index (χ0) is 15.4. The molecule has 2 rings (SSSR count). The molecule has 0 saturated carbocycles. The maximum absolute atomic E-state index is 11.2. The van der Waals surface area contributed by atoms with Crippen molar-refractivity contribution in [1.82, 2.24) is 4.98 Å². The van der Waals surface area contributed by atoms with Gasteiger partial charge in [-0.3, -0.25) is 9.78 Å². The number of hydrogen-bond acceptors (Lipinski definition) is 5. The van der Waals surface area contributed by atoms with Crippen molar-refractivity contribution in [3.8, 4) is 6.07 Å². The molecule has 106 valence electrons. The maximum atomic E-state index is 11.2. The van der Waals surface area contributed by atoms with Gasteiger partial charge in [-0.05, 0) is 6.07 Å². The lowest BCUT2D eigenvalue weighted by Crippen LogP contribution is -2.32. The molecule has 1 heterocycles. The number of hydrogen-bond donors (Lipinski definition) is 3. The van der Waals surface area contributed by atoms with Crippen molar-refractivity contribution in [2.75, 3.05) is 5.32 Å². The molecule has 7 heteroatoms. The van der Waals surface area contributed by atoms with Gasteiger partial charge in [0.25, 0.3) is 0 Å². The molecule has 0 aliphatic rings. The van der Waals surface area contributed by atoms with E-state index in [9.17, 15) is 9.59 Å². The van der Waals surface area contributed by atoms with E-state index < -0.39 is 24.4 Å². The number of aromatic nitrogens is 1. The molecular formula is C14H11N3O4. The van der Waals surface area contributed by atoms with Crippen LogP contribution in [0.4, 0.5) is 5.69 Å². The fourth-order valence-electron chi connectivity index (χ4n) is 1.93. The van der Waals surface area contributed by atoms with E-state index in [0.29, 0.717) is 10.9 Å². The topological polar surface area (TPSA) is 123 Å². The highest BCUT2D eigenvalue weighted by atomic mass is 16.4.